The smallest absolute Gasteiger partial charge is 0.130 e. The van der Waals surface area contributed by atoms with Gasteiger partial charge < -0.3 is 9.84 Å². The van der Waals surface area contributed by atoms with E-state index in [0.717, 1.165) is 17.0 Å². The number of rotatable bonds is 5. The zero-order chi connectivity index (χ0) is 12.8. The van der Waals surface area contributed by atoms with E-state index in [4.69, 9.17) is 4.74 Å². The molecule has 1 unspecified atom stereocenters. The predicted octanol–water partition coefficient (Wildman–Crippen LogP) is 3.10. The van der Waals surface area contributed by atoms with Gasteiger partial charge in [0.1, 0.15) is 12.4 Å². The SMILES string of the molecule is CCC(O)c1ccc(OCc2ccccn2)cc1. The van der Waals surface area contributed by atoms with Crippen LogP contribution in [-0.2, 0) is 6.61 Å². The third kappa shape index (κ3) is 3.31. The summed E-state index contributed by atoms with van der Waals surface area (Å²) in [7, 11) is 0. The van der Waals surface area contributed by atoms with E-state index in [1.165, 1.54) is 0 Å². The normalized spacial score (nSPS) is 12.1. The Hall–Kier alpha value is -1.87. The topological polar surface area (TPSA) is 42.4 Å². The van der Waals surface area contributed by atoms with Gasteiger partial charge in [-0.05, 0) is 36.2 Å². The van der Waals surface area contributed by atoms with Crippen molar-refractivity contribution in [3.63, 3.8) is 0 Å². The molecule has 0 fully saturated rings. The molecule has 0 radical (unpaired) electrons. The average Bonchev–Trinajstić information content (AvgIpc) is 2.46. The molecule has 0 aliphatic carbocycles. The summed E-state index contributed by atoms with van der Waals surface area (Å²) in [4.78, 5) is 4.19. The molecule has 0 amide bonds. The maximum Gasteiger partial charge on any atom is 0.130 e. The van der Waals surface area contributed by atoms with Gasteiger partial charge in [0, 0.05) is 6.20 Å². The minimum absolute atomic E-state index is 0.394. The Labute approximate surface area is 107 Å². The number of aromatic nitrogens is 1. The third-order valence-corrected chi connectivity index (χ3v) is 2.76. The second-order valence-electron chi connectivity index (χ2n) is 4.10. The van der Waals surface area contributed by atoms with E-state index in [1.807, 2.05) is 49.4 Å². The van der Waals surface area contributed by atoms with Crippen molar-refractivity contribution in [2.75, 3.05) is 0 Å². The molecule has 0 aliphatic heterocycles. The summed E-state index contributed by atoms with van der Waals surface area (Å²) in [6.45, 7) is 2.41. The summed E-state index contributed by atoms with van der Waals surface area (Å²) < 4.78 is 5.62. The largest absolute Gasteiger partial charge is 0.487 e. The number of ether oxygens (including phenoxy) is 1. The quantitative estimate of drug-likeness (QED) is 0.877. The summed E-state index contributed by atoms with van der Waals surface area (Å²) in [5.74, 6) is 0.785. The molecular weight excluding hydrogens is 226 g/mol. The van der Waals surface area contributed by atoms with Crippen molar-refractivity contribution in [1.82, 2.24) is 4.98 Å². The fraction of sp³-hybridized carbons (Fsp3) is 0.267. The standard InChI is InChI=1S/C15H17NO2/c1-2-15(17)12-6-8-14(9-7-12)18-11-13-5-3-4-10-16-13/h3-10,15,17H,2,11H2,1H3. The maximum atomic E-state index is 9.68. The van der Waals surface area contributed by atoms with Crippen LogP contribution < -0.4 is 4.74 Å². The molecule has 2 aromatic rings. The molecule has 18 heavy (non-hydrogen) atoms. The highest BCUT2D eigenvalue weighted by Crippen LogP contribution is 2.20. The summed E-state index contributed by atoms with van der Waals surface area (Å²) in [5.41, 5.74) is 1.82. The van der Waals surface area contributed by atoms with Crippen LogP contribution in [0.15, 0.2) is 48.7 Å². The Morgan fingerprint density at radius 2 is 1.94 bits per heavy atom. The molecule has 1 atom stereocenters. The Morgan fingerprint density at radius 1 is 1.17 bits per heavy atom. The van der Waals surface area contributed by atoms with E-state index < -0.39 is 6.10 Å². The number of nitrogens with zero attached hydrogens (tertiary/aromatic N) is 1. The molecule has 94 valence electrons. The van der Waals surface area contributed by atoms with E-state index in [1.54, 1.807) is 6.20 Å². The monoisotopic (exact) mass is 243 g/mol. The van der Waals surface area contributed by atoms with Crippen LogP contribution in [0.1, 0.15) is 30.7 Å². The molecule has 0 spiro atoms. The van der Waals surface area contributed by atoms with Crippen LogP contribution in [0, 0.1) is 0 Å². The number of aliphatic hydroxyl groups is 1. The van der Waals surface area contributed by atoms with Gasteiger partial charge in [0.15, 0.2) is 0 Å². The lowest BCUT2D eigenvalue weighted by Gasteiger charge is -2.10. The summed E-state index contributed by atoms with van der Waals surface area (Å²) in [6, 6.07) is 13.3. The van der Waals surface area contributed by atoms with Crippen LogP contribution in [0.2, 0.25) is 0 Å². The second kappa shape index (κ2) is 6.17. The molecule has 1 aromatic heterocycles. The van der Waals surface area contributed by atoms with Gasteiger partial charge in [0.05, 0.1) is 11.8 Å². The second-order valence-corrected chi connectivity index (χ2v) is 4.10. The Balaban J connectivity index is 1.94. The highest BCUT2D eigenvalue weighted by atomic mass is 16.5. The van der Waals surface area contributed by atoms with Crippen molar-refractivity contribution in [1.29, 1.82) is 0 Å². The minimum atomic E-state index is -0.394. The third-order valence-electron chi connectivity index (χ3n) is 2.76. The van der Waals surface area contributed by atoms with Gasteiger partial charge in [-0.2, -0.15) is 0 Å². The zero-order valence-corrected chi connectivity index (χ0v) is 10.4. The van der Waals surface area contributed by atoms with E-state index in [9.17, 15) is 5.11 Å². The van der Waals surface area contributed by atoms with Gasteiger partial charge in [-0.1, -0.05) is 25.1 Å². The lowest BCUT2D eigenvalue weighted by Crippen LogP contribution is -1.98. The highest BCUT2D eigenvalue weighted by molar-refractivity contribution is 5.28. The zero-order valence-electron chi connectivity index (χ0n) is 10.4. The van der Waals surface area contributed by atoms with Crippen molar-refractivity contribution in [2.24, 2.45) is 0 Å². The van der Waals surface area contributed by atoms with Crippen LogP contribution in [0.4, 0.5) is 0 Å². The van der Waals surface area contributed by atoms with Crippen molar-refractivity contribution >= 4 is 0 Å². The molecule has 0 saturated carbocycles. The highest BCUT2D eigenvalue weighted by Gasteiger charge is 2.04. The molecule has 1 aromatic carbocycles. The van der Waals surface area contributed by atoms with Crippen LogP contribution in [-0.4, -0.2) is 10.1 Å². The van der Waals surface area contributed by atoms with E-state index in [-0.39, 0.29) is 0 Å². The first-order chi connectivity index (χ1) is 8.79. The Bertz CT molecular complexity index is 468. The number of hydrogen-bond acceptors (Lipinski definition) is 3. The number of hydrogen-bond donors (Lipinski definition) is 1. The van der Waals surface area contributed by atoms with Gasteiger partial charge in [-0.3, -0.25) is 4.98 Å². The van der Waals surface area contributed by atoms with Crippen LogP contribution in [0.3, 0.4) is 0 Å². The first-order valence-corrected chi connectivity index (χ1v) is 6.10. The molecule has 3 heteroatoms. The Morgan fingerprint density at radius 3 is 2.56 bits per heavy atom. The number of pyridine rings is 1. The minimum Gasteiger partial charge on any atom is -0.487 e. The van der Waals surface area contributed by atoms with E-state index in [2.05, 4.69) is 4.98 Å². The molecule has 0 bridgehead atoms. The molecule has 2 rings (SSSR count). The summed E-state index contributed by atoms with van der Waals surface area (Å²) >= 11 is 0. The number of aliphatic hydroxyl groups excluding tert-OH is 1. The van der Waals surface area contributed by atoms with Gasteiger partial charge in [-0.15, -0.1) is 0 Å². The van der Waals surface area contributed by atoms with Crippen molar-refractivity contribution in [3.05, 3.63) is 59.9 Å². The lowest BCUT2D eigenvalue weighted by molar-refractivity contribution is 0.173. The van der Waals surface area contributed by atoms with Gasteiger partial charge in [-0.25, -0.2) is 0 Å². The van der Waals surface area contributed by atoms with Gasteiger partial charge in [0.25, 0.3) is 0 Å². The van der Waals surface area contributed by atoms with Crippen molar-refractivity contribution in [3.8, 4) is 5.75 Å². The summed E-state index contributed by atoms with van der Waals surface area (Å²) in [5, 5.41) is 9.68. The van der Waals surface area contributed by atoms with Crippen LogP contribution in [0.5, 0.6) is 5.75 Å². The van der Waals surface area contributed by atoms with E-state index in [0.29, 0.717) is 13.0 Å². The maximum absolute atomic E-state index is 9.68. The van der Waals surface area contributed by atoms with Crippen LogP contribution in [0.25, 0.3) is 0 Å². The lowest BCUT2D eigenvalue weighted by atomic mass is 10.1. The first kappa shape index (κ1) is 12.6. The van der Waals surface area contributed by atoms with Gasteiger partial charge in [0.2, 0.25) is 0 Å². The fourth-order valence-electron chi connectivity index (χ4n) is 1.66. The fourth-order valence-corrected chi connectivity index (χ4v) is 1.66. The molecule has 1 N–H and O–H groups in total. The molecule has 0 aliphatic rings. The van der Waals surface area contributed by atoms with Crippen LogP contribution >= 0.6 is 0 Å². The average molecular weight is 243 g/mol. The molecule has 3 nitrogen and oxygen atoms in total. The van der Waals surface area contributed by atoms with Crippen molar-refractivity contribution < 1.29 is 9.84 Å². The van der Waals surface area contributed by atoms with Gasteiger partial charge >= 0.3 is 0 Å². The first-order valence-electron chi connectivity index (χ1n) is 6.10. The number of benzene rings is 1. The molecule has 0 saturated heterocycles. The van der Waals surface area contributed by atoms with Crippen molar-refractivity contribution in [2.45, 2.75) is 26.1 Å². The predicted molar refractivity (Wildman–Crippen MR) is 70.3 cm³/mol. The Kier molecular flexibility index (Phi) is 4.31. The molecular formula is C15H17NO2. The van der Waals surface area contributed by atoms with E-state index >= 15 is 0 Å². The molecule has 1 heterocycles. The summed E-state index contributed by atoms with van der Waals surface area (Å²) in [6.07, 6.45) is 2.07.